The van der Waals surface area contributed by atoms with E-state index in [1.54, 1.807) is 4.90 Å². The Kier molecular flexibility index (Phi) is 7.42. The number of carbonyl (C=O) groups excluding carboxylic acids is 2. The summed E-state index contributed by atoms with van der Waals surface area (Å²) < 4.78 is 5.21. The summed E-state index contributed by atoms with van der Waals surface area (Å²) in [5.41, 5.74) is 19.3. The van der Waals surface area contributed by atoms with Crippen LogP contribution in [-0.2, 0) is 11.3 Å². The van der Waals surface area contributed by atoms with Crippen LogP contribution in [0.25, 0.3) is 5.57 Å². The van der Waals surface area contributed by atoms with E-state index in [1.807, 2.05) is 25.1 Å². The van der Waals surface area contributed by atoms with Crippen molar-refractivity contribution >= 4 is 23.3 Å². The third kappa shape index (κ3) is 5.04. The van der Waals surface area contributed by atoms with Gasteiger partial charge in [0.25, 0.3) is 5.91 Å². The van der Waals surface area contributed by atoms with E-state index in [2.05, 4.69) is 43.4 Å². The van der Waals surface area contributed by atoms with Gasteiger partial charge in [-0.15, -0.1) is 0 Å². The second-order valence-electron chi connectivity index (χ2n) is 9.22. The first kappa shape index (κ1) is 24.8. The highest BCUT2D eigenvalue weighted by molar-refractivity contribution is 5.97. The molecule has 2 atom stereocenters. The maximum absolute atomic E-state index is 13.3. The summed E-state index contributed by atoms with van der Waals surface area (Å²) in [7, 11) is 0. The molecule has 186 valence electrons. The minimum Gasteiger partial charge on any atom is -0.449 e. The van der Waals surface area contributed by atoms with Gasteiger partial charge < -0.3 is 26.4 Å². The third-order valence-corrected chi connectivity index (χ3v) is 6.91. The molecule has 2 aromatic carbocycles. The molecule has 8 nitrogen and oxygen atoms in total. The van der Waals surface area contributed by atoms with Crippen LogP contribution in [0, 0.1) is 0 Å². The Morgan fingerprint density at radius 2 is 1.86 bits per heavy atom. The van der Waals surface area contributed by atoms with Crippen molar-refractivity contribution in [1.82, 2.24) is 9.80 Å². The molecule has 1 unspecified atom stereocenters. The molecule has 1 saturated heterocycles. The average Bonchev–Trinajstić information content (AvgIpc) is 2.88. The lowest BCUT2D eigenvalue weighted by Gasteiger charge is -2.39. The molecule has 0 aromatic heterocycles. The first-order valence-corrected chi connectivity index (χ1v) is 12.2. The van der Waals surface area contributed by atoms with Crippen molar-refractivity contribution in [2.24, 2.45) is 11.5 Å². The Balaban J connectivity index is 1.51. The van der Waals surface area contributed by atoms with Gasteiger partial charge in [0.1, 0.15) is 6.17 Å². The monoisotopic (exact) mass is 477 g/mol. The number of allylic oxidation sites excluding steroid dienone is 1. The number of anilines is 1. The number of nitrogens with one attached hydrogen (secondary N) is 1. The molecule has 2 aliphatic heterocycles. The fraction of sp³-hybridized carbons (Fsp3) is 0.407. The lowest BCUT2D eigenvalue weighted by atomic mass is 9.87. The quantitative estimate of drug-likeness (QED) is 0.605. The van der Waals surface area contributed by atoms with E-state index >= 15 is 0 Å². The van der Waals surface area contributed by atoms with Crippen molar-refractivity contribution in [2.75, 3.05) is 31.6 Å². The second-order valence-corrected chi connectivity index (χ2v) is 9.22. The zero-order valence-electron chi connectivity index (χ0n) is 20.7. The standard InChI is InChI=1S/C27H35N5O3/c1-4-13-35-27(34)32-12-11-31(16-24(32)29)26(33)21-9-10-22-17(2)18(3)25(30-23(22)14-21)20-7-5-19(15-28)6-8-20/h5-10,14,24-25,30H,4,11-13,15-16,28-29H2,1-3H3/t24-,25?/m0/s1. The van der Waals surface area contributed by atoms with Gasteiger partial charge in [0, 0.05) is 36.4 Å². The Morgan fingerprint density at radius 1 is 1.11 bits per heavy atom. The number of hydrogen-bond donors (Lipinski definition) is 3. The highest BCUT2D eigenvalue weighted by atomic mass is 16.6. The van der Waals surface area contributed by atoms with Crippen molar-refractivity contribution in [3.05, 3.63) is 70.3 Å². The lowest BCUT2D eigenvalue weighted by molar-refractivity contribution is 0.0390. The number of amides is 2. The van der Waals surface area contributed by atoms with E-state index in [-0.39, 0.29) is 18.5 Å². The highest BCUT2D eigenvalue weighted by Gasteiger charge is 2.32. The van der Waals surface area contributed by atoms with Gasteiger partial charge in [-0.2, -0.15) is 0 Å². The summed E-state index contributed by atoms with van der Waals surface area (Å²) >= 11 is 0. The second kappa shape index (κ2) is 10.5. The van der Waals surface area contributed by atoms with Crippen molar-refractivity contribution in [1.29, 1.82) is 0 Å². The predicted molar refractivity (Wildman–Crippen MR) is 138 cm³/mol. The molecule has 0 aliphatic carbocycles. The number of nitrogens with two attached hydrogens (primary N) is 2. The number of fused-ring (bicyclic) bond motifs is 1. The highest BCUT2D eigenvalue weighted by Crippen LogP contribution is 2.40. The maximum Gasteiger partial charge on any atom is 0.411 e. The normalized spacial score (nSPS) is 19.8. The lowest BCUT2D eigenvalue weighted by Crippen LogP contribution is -2.60. The molecule has 2 aliphatic rings. The van der Waals surface area contributed by atoms with Crippen LogP contribution in [-0.4, -0.2) is 54.2 Å². The molecule has 35 heavy (non-hydrogen) atoms. The molecule has 8 heteroatoms. The van der Waals surface area contributed by atoms with Gasteiger partial charge in [-0.25, -0.2) is 4.79 Å². The summed E-state index contributed by atoms with van der Waals surface area (Å²) in [5.74, 6) is -0.0978. The predicted octanol–water partition coefficient (Wildman–Crippen LogP) is 3.69. The smallest absolute Gasteiger partial charge is 0.411 e. The molecular formula is C27H35N5O3. The molecule has 1 fully saturated rings. The third-order valence-electron chi connectivity index (χ3n) is 6.91. The molecule has 0 bridgehead atoms. The molecule has 0 radical (unpaired) electrons. The minimum atomic E-state index is -0.596. The molecule has 4 rings (SSSR count). The number of piperazine rings is 1. The van der Waals surface area contributed by atoms with Gasteiger partial charge in [-0.05, 0) is 54.7 Å². The van der Waals surface area contributed by atoms with E-state index in [0.29, 0.717) is 31.8 Å². The summed E-state index contributed by atoms with van der Waals surface area (Å²) in [6.45, 7) is 8.09. The van der Waals surface area contributed by atoms with Gasteiger partial charge in [-0.3, -0.25) is 9.69 Å². The van der Waals surface area contributed by atoms with Crippen LogP contribution < -0.4 is 16.8 Å². The molecule has 2 heterocycles. The largest absolute Gasteiger partial charge is 0.449 e. The van der Waals surface area contributed by atoms with Gasteiger partial charge in [0.15, 0.2) is 0 Å². The average molecular weight is 478 g/mol. The molecule has 5 N–H and O–H groups in total. The maximum atomic E-state index is 13.3. The fourth-order valence-electron chi connectivity index (χ4n) is 4.67. The van der Waals surface area contributed by atoms with Crippen LogP contribution in [0.15, 0.2) is 48.0 Å². The number of nitrogens with zero attached hydrogens (tertiary/aromatic N) is 2. The van der Waals surface area contributed by atoms with Crippen molar-refractivity contribution < 1.29 is 14.3 Å². The summed E-state index contributed by atoms with van der Waals surface area (Å²) in [6, 6.07) is 14.1. The van der Waals surface area contributed by atoms with Gasteiger partial charge in [0.2, 0.25) is 0 Å². The van der Waals surface area contributed by atoms with E-state index in [0.717, 1.165) is 28.8 Å². The van der Waals surface area contributed by atoms with Crippen LogP contribution in [0.2, 0.25) is 0 Å². The number of hydrogen-bond acceptors (Lipinski definition) is 6. The summed E-state index contributed by atoms with van der Waals surface area (Å²) in [5, 5.41) is 3.63. The van der Waals surface area contributed by atoms with Crippen LogP contribution in [0.3, 0.4) is 0 Å². The minimum absolute atomic E-state index is 0.0192. The van der Waals surface area contributed by atoms with Crippen LogP contribution in [0.4, 0.5) is 10.5 Å². The summed E-state index contributed by atoms with van der Waals surface area (Å²) in [4.78, 5) is 28.7. The molecule has 2 amide bonds. The number of rotatable bonds is 5. The van der Waals surface area contributed by atoms with Crippen LogP contribution in [0.5, 0.6) is 0 Å². The summed E-state index contributed by atoms with van der Waals surface area (Å²) in [6.07, 6.45) is -0.269. The van der Waals surface area contributed by atoms with Crippen LogP contribution in [0.1, 0.15) is 60.3 Å². The Bertz CT molecular complexity index is 1130. The SMILES string of the molecule is CCCOC(=O)N1CCN(C(=O)c2ccc3c(c2)NC(c2ccc(CN)cc2)C(C)=C3C)C[C@H]1N. The van der Waals surface area contributed by atoms with E-state index in [9.17, 15) is 9.59 Å². The van der Waals surface area contributed by atoms with E-state index in [4.69, 9.17) is 16.2 Å². The first-order valence-electron chi connectivity index (χ1n) is 12.2. The first-order chi connectivity index (χ1) is 16.8. The Labute approximate surface area is 206 Å². The van der Waals surface area contributed by atoms with Gasteiger partial charge >= 0.3 is 6.09 Å². The van der Waals surface area contributed by atoms with E-state index in [1.165, 1.54) is 16.0 Å². The zero-order valence-corrected chi connectivity index (χ0v) is 20.7. The number of ether oxygens (including phenoxy) is 1. The fourth-order valence-corrected chi connectivity index (χ4v) is 4.67. The number of benzene rings is 2. The zero-order chi connectivity index (χ0) is 25.1. The molecule has 0 saturated carbocycles. The van der Waals surface area contributed by atoms with Gasteiger partial charge in [-0.1, -0.05) is 37.3 Å². The van der Waals surface area contributed by atoms with Crippen molar-refractivity contribution in [3.8, 4) is 0 Å². The Morgan fingerprint density at radius 3 is 2.51 bits per heavy atom. The number of carbonyl (C=O) groups is 2. The molecule has 0 spiro atoms. The molecular weight excluding hydrogens is 442 g/mol. The van der Waals surface area contributed by atoms with Crippen molar-refractivity contribution in [3.63, 3.8) is 0 Å². The van der Waals surface area contributed by atoms with Gasteiger partial charge in [0.05, 0.1) is 19.2 Å². The molecule has 2 aromatic rings. The van der Waals surface area contributed by atoms with E-state index < -0.39 is 12.3 Å². The van der Waals surface area contributed by atoms with Crippen molar-refractivity contribution in [2.45, 2.75) is 45.9 Å². The van der Waals surface area contributed by atoms with Crippen LogP contribution >= 0.6 is 0 Å². The topological polar surface area (TPSA) is 114 Å². The Hall–Kier alpha value is -3.36.